The van der Waals surface area contributed by atoms with Crippen LogP contribution in [0, 0.1) is 6.92 Å². The molecule has 2 rings (SSSR count). The van der Waals surface area contributed by atoms with E-state index in [4.69, 9.17) is 0 Å². The quantitative estimate of drug-likeness (QED) is 0.923. The van der Waals surface area contributed by atoms with E-state index in [9.17, 15) is 0 Å². The van der Waals surface area contributed by atoms with Crippen molar-refractivity contribution < 1.29 is 0 Å². The summed E-state index contributed by atoms with van der Waals surface area (Å²) < 4.78 is 3.12. The molecule has 0 radical (unpaired) electrons. The minimum atomic E-state index is 0.796. The van der Waals surface area contributed by atoms with E-state index in [1.54, 1.807) is 6.20 Å². The molecule has 4 nitrogen and oxygen atoms in total. The van der Waals surface area contributed by atoms with Gasteiger partial charge in [-0.25, -0.2) is 0 Å². The van der Waals surface area contributed by atoms with Gasteiger partial charge in [0.1, 0.15) is 0 Å². The van der Waals surface area contributed by atoms with Crippen LogP contribution in [0.25, 0.3) is 0 Å². The molecule has 0 saturated heterocycles. The van der Waals surface area contributed by atoms with E-state index in [2.05, 4.69) is 44.3 Å². The molecule has 18 heavy (non-hydrogen) atoms. The number of hydrogen-bond donors (Lipinski definition) is 1. The summed E-state index contributed by atoms with van der Waals surface area (Å²) in [6.45, 7) is 6.61. The molecule has 0 aliphatic carbocycles. The summed E-state index contributed by atoms with van der Waals surface area (Å²) >= 11 is 3.59. The van der Waals surface area contributed by atoms with E-state index < -0.39 is 0 Å². The summed E-state index contributed by atoms with van der Waals surface area (Å²) in [6.07, 6.45) is 3.67. The lowest BCUT2D eigenvalue weighted by atomic mass is 10.3. The first-order chi connectivity index (χ1) is 8.72. The second-order valence-electron chi connectivity index (χ2n) is 4.13. The van der Waals surface area contributed by atoms with Crippen molar-refractivity contribution in [1.29, 1.82) is 0 Å². The molecule has 0 fully saturated rings. The lowest BCUT2D eigenvalue weighted by Gasteiger charge is -2.07. The maximum absolute atomic E-state index is 4.47. The van der Waals surface area contributed by atoms with Crippen LogP contribution >= 0.6 is 15.9 Å². The topological polar surface area (TPSA) is 42.7 Å². The monoisotopic (exact) mass is 308 g/mol. The molecular weight excluding hydrogens is 292 g/mol. The van der Waals surface area contributed by atoms with Crippen molar-refractivity contribution in [2.24, 2.45) is 0 Å². The van der Waals surface area contributed by atoms with E-state index in [0.29, 0.717) is 0 Å². The van der Waals surface area contributed by atoms with Gasteiger partial charge in [0, 0.05) is 32.0 Å². The molecule has 0 aliphatic rings. The molecule has 0 bridgehead atoms. The van der Waals surface area contributed by atoms with Crippen LogP contribution in [0.4, 0.5) is 0 Å². The number of halogens is 1. The summed E-state index contributed by atoms with van der Waals surface area (Å²) in [7, 11) is 0. The number of nitrogens with one attached hydrogen (secondary N) is 1. The Bertz CT molecular complexity index is 507. The summed E-state index contributed by atoms with van der Waals surface area (Å²) in [5, 5.41) is 7.89. The van der Waals surface area contributed by atoms with Crippen molar-refractivity contribution >= 4 is 15.9 Å². The zero-order chi connectivity index (χ0) is 13.0. The van der Waals surface area contributed by atoms with Gasteiger partial charge in [0.25, 0.3) is 0 Å². The van der Waals surface area contributed by atoms with Gasteiger partial charge in [-0.3, -0.25) is 9.67 Å². The van der Waals surface area contributed by atoms with Crippen LogP contribution in [-0.2, 0) is 19.6 Å². The molecule has 96 valence electrons. The van der Waals surface area contributed by atoms with Crippen LogP contribution in [0.15, 0.2) is 29.0 Å². The summed E-state index contributed by atoms with van der Waals surface area (Å²) in [5.41, 5.74) is 3.42. The van der Waals surface area contributed by atoms with Crippen LogP contribution in [0.1, 0.15) is 23.9 Å². The number of nitrogens with zero attached hydrogens (tertiary/aromatic N) is 3. The first-order valence-corrected chi connectivity index (χ1v) is 6.83. The third-order valence-electron chi connectivity index (χ3n) is 2.80. The molecule has 0 saturated carbocycles. The molecule has 1 N–H and O–H groups in total. The fourth-order valence-electron chi connectivity index (χ4n) is 1.87. The van der Waals surface area contributed by atoms with Gasteiger partial charge in [0.05, 0.1) is 15.9 Å². The number of aromatic nitrogens is 3. The Hall–Kier alpha value is -1.20. The van der Waals surface area contributed by atoms with Gasteiger partial charge in [-0.1, -0.05) is 6.07 Å². The third-order valence-corrected chi connectivity index (χ3v) is 3.83. The maximum atomic E-state index is 4.47. The highest BCUT2D eigenvalue weighted by Crippen LogP contribution is 2.20. The van der Waals surface area contributed by atoms with Crippen molar-refractivity contribution in [1.82, 2.24) is 20.1 Å². The summed E-state index contributed by atoms with van der Waals surface area (Å²) in [6, 6.07) is 4.02. The average molecular weight is 309 g/mol. The highest BCUT2D eigenvalue weighted by atomic mass is 79.9. The third kappa shape index (κ3) is 2.97. The minimum absolute atomic E-state index is 0.796. The Balaban J connectivity index is 1.98. The van der Waals surface area contributed by atoms with Crippen LogP contribution < -0.4 is 5.32 Å². The molecule has 0 aromatic carbocycles. The minimum Gasteiger partial charge on any atom is -0.307 e. The van der Waals surface area contributed by atoms with Gasteiger partial charge in [-0.05, 0) is 41.4 Å². The van der Waals surface area contributed by atoms with Crippen LogP contribution in [0.3, 0.4) is 0 Å². The fourth-order valence-corrected chi connectivity index (χ4v) is 2.29. The number of pyridine rings is 1. The second kappa shape index (κ2) is 6.11. The van der Waals surface area contributed by atoms with Crippen molar-refractivity contribution in [3.8, 4) is 0 Å². The van der Waals surface area contributed by atoms with Crippen molar-refractivity contribution in [3.63, 3.8) is 0 Å². The van der Waals surface area contributed by atoms with Gasteiger partial charge in [-0.2, -0.15) is 5.10 Å². The van der Waals surface area contributed by atoms with E-state index in [1.165, 1.54) is 11.3 Å². The first kappa shape index (κ1) is 13.2. The maximum Gasteiger partial charge on any atom is 0.0739 e. The summed E-state index contributed by atoms with van der Waals surface area (Å²) in [4.78, 5) is 4.10. The molecule has 0 aliphatic heterocycles. The standard InChI is InChI=1S/C13H17BrN4/c1-3-18-12(13(14)10(2)17-18)9-16-8-11-5-4-6-15-7-11/h4-7,16H,3,8-9H2,1-2H3. The molecule has 0 amide bonds. The van der Waals surface area contributed by atoms with Crippen LogP contribution in [-0.4, -0.2) is 14.8 Å². The predicted molar refractivity (Wildman–Crippen MR) is 75.1 cm³/mol. The average Bonchev–Trinajstić information content (AvgIpc) is 2.67. The van der Waals surface area contributed by atoms with E-state index in [1.807, 2.05) is 23.9 Å². The van der Waals surface area contributed by atoms with Crippen LogP contribution in [0.5, 0.6) is 0 Å². The molecule has 0 spiro atoms. The lowest BCUT2D eigenvalue weighted by molar-refractivity contribution is 0.578. The predicted octanol–water partition coefficient (Wildman–Crippen LogP) is 2.66. The van der Waals surface area contributed by atoms with Gasteiger partial charge in [0.15, 0.2) is 0 Å². The number of rotatable bonds is 5. The Morgan fingerprint density at radius 3 is 2.89 bits per heavy atom. The van der Waals surface area contributed by atoms with Crippen LogP contribution in [0.2, 0.25) is 0 Å². The zero-order valence-electron chi connectivity index (χ0n) is 10.7. The van der Waals surface area contributed by atoms with Crippen molar-refractivity contribution in [3.05, 3.63) is 46.0 Å². The molecule has 2 aromatic heterocycles. The Morgan fingerprint density at radius 2 is 2.22 bits per heavy atom. The number of hydrogen-bond acceptors (Lipinski definition) is 3. The Labute approximate surface area is 116 Å². The molecule has 2 heterocycles. The number of aryl methyl sites for hydroxylation is 2. The fraction of sp³-hybridized carbons (Fsp3) is 0.385. The van der Waals surface area contributed by atoms with Crippen molar-refractivity contribution in [2.45, 2.75) is 33.5 Å². The Morgan fingerprint density at radius 1 is 1.39 bits per heavy atom. The largest absolute Gasteiger partial charge is 0.307 e. The molecule has 0 unspecified atom stereocenters. The van der Waals surface area contributed by atoms with Gasteiger partial charge < -0.3 is 5.32 Å². The highest BCUT2D eigenvalue weighted by Gasteiger charge is 2.11. The van der Waals surface area contributed by atoms with Gasteiger partial charge in [-0.15, -0.1) is 0 Å². The first-order valence-electron chi connectivity index (χ1n) is 6.03. The van der Waals surface area contributed by atoms with Gasteiger partial charge >= 0.3 is 0 Å². The smallest absolute Gasteiger partial charge is 0.0739 e. The zero-order valence-corrected chi connectivity index (χ0v) is 12.2. The molecule has 0 atom stereocenters. The summed E-state index contributed by atoms with van der Waals surface area (Å²) in [5.74, 6) is 0. The van der Waals surface area contributed by atoms with E-state index >= 15 is 0 Å². The SMILES string of the molecule is CCn1nc(C)c(Br)c1CNCc1cccnc1. The normalized spacial score (nSPS) is 10.8. The van der Waals surface area contributed by atoms with E-state index in [-0.39, 0.29) is 0 Å². The van der Waals surface area contributed by atoms with Crippen molar-refractivity contribution in [2.75, 3.05) is 0 Å². The highest BCUT2D eigenvalue weighted by molar-refractivity contribution is 9.10. The Kier molecular flexibility index (Phi) is 4.49. The molecule has 2 aromatic rings. The second-order valence-corrected chi connectivity index (χ2v) is 4.92. The molecule has 5 heteroatoms. The lowest BCUT2D eigenvalue weighted by Crippen LogP contribution is -2.16. The van der Waals surface area contributed by atoms with E-state index in [0.717, 1.165) is 29.8 Å². The van der Waals surface area contributed by atoms with Gasteiger partial charge in [0.2, 0.25) is 0 Å². The molecular formula is C13H17BrN4.